The molecule has 0 fully saturated rings. The fraction of sp³-hybridized carbons (Fsp3) is 0.257. The predicted molar refractivity (Wildman–Crippen MR) is 169 cm³/mol. The normalized spacial score (nSPS) is 13.8. The summed E-state index contributed by atoms with van der Waals surface area (Å²) in [4.78, 5) is 44.3. The summed E-state index contributed by atoms with van der Waals surface area (Å²) in [5.74, 6) is 0.0196. The molecular formula is C35H34N2O3S. The Morgan fingerprint density at radius 3 is 2.20 bits per heavy atom. The number of ketones is 2. The number of aromatic nitrogens is 1. The second kappa shape index (κ2) is 12.2. The Morgan fingerprint density at radius 1 is 0.902 bits per heavy atom. The summed E-state index contributed by atoms with van der Waals surface area (Å²) in [6.07, 6.45) is 6.23. The topological polar surface area (TPSA) is 68.5 Å². The molecule has 1 amide bonds. The number of rotatable bonds is 9. The van der Waals surface area contributed by atoms with Crippen molar-refractivity contribution in [1.29, 1.82) is 0 Å². The lowest BCUT2D eigenvalue weighted by atomic mass is 9.92. The highest BCUT2D eigenvalue weighted by Gasteiger charge is 2.20. The first-order chi connectivity index (χ1) is 19.8. The fourth-order valence-corrected chi connectivity index (χ4v) is 6.27. The third kappa shape index (κ3) is 6.03. The van der Waals surface area contributed by atoms with E-state index in [1.807, 2.05) is 56.3 Å². The van der Waals surface area contributed by atoms with E-state index in [-0.39, 0.29) is 23.2 Å². The van der Waals surface area contributed by atoms with E-state index in [0.29, 0.717) is 23.3 Å². The van der Waals surface area contributed by atoms with Crippen LogP contribution in [0.1, 0.15) is 66.3 Å². The van der Waals surface area contributed by atoms with Crippen molar-refractivity contribution in [3.8, 4) is 0 Å². The molecule has 1 aromatic heterocycles. The maximum absolute atomic E-state index is 13.7. The van der Waals surface area contributed by atoms with Crippen molar-refractivity contribution < 1.29 is 14.4 Å². The van der Waals surface area contributed by atoms with Crippen LogP contribution in [0.2, 0.25) is 0 Å². The summed E-state index contributed by atoms with van der Waals surface area (Å²) < 4.78 is 2.20. The number of amides is 1. The van der Waals surface area contributed by atoms with E-state index in [1.54, 1.807) is 11.8 Å². The molecule has 0 radical (unpaired) electrons. The lowest BCUT2D eigenvalue weighted by molar-refractivity contribution is -0.115. The SMILES string of the molecule is CCn1c2ccc(C(=O)C(CCSc3ccc(C)cc3)=NC(C)=O)cc2c2cc(C(=O)C3=C(C)CCC=C3)ccc21. The standard InChI is InChI=1S/C35H34N2O3S/c1-5-37-32-16-12-25(34(39)28-9-7-6-8-23(28)3)20-29(32)30-21-26(13-17-33(30)37)35(40)31(36-24(4)38)18-19-41-27-14-10-22(2)11-15-27/h7,9-17,20-21H,5-6,8,18-19H2,1-4H3. The largest absolute Gasteiger partial charge is 0.341 e. The Morgan fingerprint density at radius 2 is 1.56 bits per heavy atom. The van der Waals surface area contributed by atoms with E-state index < -0.39 is 0 Å². The molecule has 0 atom stereocenters. The Hall–Kier alpha value is -4.03. The van der Waals surface area contributed by atoms with Crippen molar-refractivity contribution in [3.05, 3.63) is 101 Å². The molecule has 3 aromatic carbocycles. The second-order valence-corrected chi connectivity index (χ2v) is 11.7. The molecule has 5 nitrogen and oxygen atoms in total. The molecule has 5 rings (SSSR count). The van der Waals surface area contributed by atoms with Gasteiger partial charge in [-0.2, -0.15) is 0 Å². The van der Waals surface area contributed by atoms with Crippen LogP contribution in [-0.2, 0) is 11.3 Å². The van der Waals surface area contributed by atoms with Crippen molar-refractivity contribution in [3.63, 3.8) is 0 Å². The molecule has 0 unspecified atom stereocenters. The first-order valence-corrected chi connectivity index (χ1v) is 15.0. The number of carbonyl (C=O) groups is 3. The van der Waals surface area contributed by atoms with Gasteiger partial charge >= 0.3 is 0 Å². The van der Waals surface area contributed by atoms with Gasteiger partial charge in [0, 0.05) is 69.0 Å². The Kier molecular flexibility index (Phi) is 8.50. The van der Waals surface area contributed by atoms with E-state index >= 15 is 0 Å². The smallest absolute Gasteiger partial charge is 0.242 e. The predicted octanol–water partition coefficient (Wildman–Crippen LogP) is 8.32. The number of hydrogen-bond acceptors (Lipinski definition) is 4. The van der Waals surface area contributed by atoms with Gasteiger partial charge in [0.1, 0.15) is 0 Å². The quantitative estimate of drug-likeness (QED) is 0.117. The molecule has 41 heavy (non-hydrogen) atoms. The number of benzene rings is 3. The van der Waals surface area contributed by atoms with E-state index in [2.05, 4.69) is 46.8 Å². The number of aryl methyl sites for hydroxylation is 2. The first-order valence-electron chi connectivity index (χ1n) is 14.1. The highest BCUT2D eigenvalue weighted by atomic mass is 32.2. The molecule has 0 saturated carbocycles. The number of nitrogens with zero attached hydrogens (tertiary/aromatic N) is 2. The minimum absolute atomic E-state index is 0.0203. The zero-order valence-corrected chi connectivity index (χ0v) is 24.8. The van der Waals surface area contributed by atoms with Gasteiger partial charge in [-0.05, 0) is 82.1 Å². The van der Waals surface area contributed by atoms with E-state index in [9.17, 15) is 14.4 Å². The monoisotopic (exact) mass is 562 g/mol. The summed E-state index contributed by atoms with van der Waals surface area (Å²) >= 11 is 1.64. The maximum Gasteiger partial charge on any atom is 0.242 e. The lowest BCUT2D eigenvalue weighted by Crippen LogP contribution is -2.17. The summed E-state index contributed by atoms with van der Waals surface area (Å²) in [7, 11) is 0. The van der Waals surface area contributed by atoms with E-state index in [0.717, 1.165) is 57.2 Å². The molecule has 1 aliphatic carbocycles. The molecule has 1 heterocycles. The number of aliphatic imine (C=N–C) groups is 1. The molecule has 0 N–H and O–H groups in total. The zero-order valence-electron chi connectivity index (χ0n) is 24.0. The van der Waals surface area contributed by atoms with Crippen LogP contribution in [0.25, 0.3) is 21.8 Å². The van der Waals surface area contributed by atoms with Crippen LogP contribution < -0.4 is 0 Å². The molecule has 208 valence electrons. The van der Waals surface area contributed by atoms with E-state index in [4.69, 9.17) is 0 Å². The Balaban J connectivity index is 1.49. The highest BCUT2D eigenvalue weighted by molar-refractivity contribution is 7.99. The van der Waals surface area contributed by atoms with Gasteiger partial charge < -0.3 is 4.57 Å². The third-order valence-corrected chi connectivity index (χ3v) is 8.58. The number of carbonyl (C=O) groups excluding carboxylic acids is 3. The first kappa shape index (κ1) is 28.5. The van der Waals surface area contributed by atoms with Crippen LogP contribution in [0.15, 0.2) is 93.8 Å². The Labute approximate surface area is 245 Å². The van der Waals surface area contributed by atoms with Crippen molar-refractivity contribution in [2.45, 2.75) is 58.4 Å². The molecule has 0 aliphatic heterocycles. The number of fused-ring (bicyclic) bond motifs is 3. The lowest BCUT2D eigenvalue weighted by Gasteiger charge is -2.12. The molecule has 1 aliphatic rings. The summed E-state index contributed by atoms with van der Waals surface area (Å²) in [5, 5.41) is 1.84. The van der Waals surface area contributed by atoms with Gasteiger partial charge in [0.05, 0.1) is 5.71 Å². The molecule has 4 aromatic rings. The van der Waals surface area contributed by atoms with Crippen LogP contribution >= 0.6 is 11.8 Å². The zero-order chi connectivity index (χ0) is 29.1. The van der Waals surface area contributed by atoms with Gasteiger partial charge in [-0.15, -0.1) is 11.8 Å². The number of thioether (sulfide) groups is 1. The summed E-state index contributed by atoms with van der Waals surface area (Å²) in [6, 6.07) is 19.7. The van der Waals surface area contributed by atoms with Gasteiger partial charge in [-0.3, -0.25) is 14.4 Å². The second-order valence-electron chi connectivity index (χ2n) is 10.5. The number of hydrogen-bond donors (Lipinski definition) is 0. The van der Waals surface area contributed by atoms with E-state index in [1.165, 1.54) is 12.5 Å². The fourth-order valence-electron chi connectivity index (χ4n) is 5.41. The summed E-state index contributed by atoms with van der Waals surface area (Å²) in [5.41, 5.74) is 6.46. The molecule has 6 heteroatoms. The summed E-state index contributed by atoms with van der Waals surface area (Å²) in [6.45, 7) is 8.28. The van der Waals surface area contributed by atoms with Crippen LogP contribution in [0, 0.1) is 6.92 Å². The minimum Gasteiger partial charge on any atom is -0.341 e. The van der Waals surface area contributed by atoms with Gasteiger partial charge in [0.15, 0.2) is 5.78 Å². The van der Waals surface area contributed by atoms with Crippen molar-refractivity contribution in [1.82, 2.24) is 4.57 Å². The van der Waals surface area contributed by atoms with Crippen molar-refractivity contribution >= 4 is 56.8 Å². The average Bonchev–Trinajstić information content (AvgIpc) is 3.29. The van der Waals surface area contributed by atoms with Gasteiger partial charge in [0.2, 0.25) is 11.7 Å². The third-order valence-electron chi connectivity index (χ3n) is 7.56. The highest BCUT2D eigenvalue weighted by Crippen LogP contribution is 2.32. The van der Waals surface area contributed by atoms with Crippen LogP contribution in [0.4, 0.5) is 0 Å². The number of Topliss-reactive ketones (excluding diaryl/α,β-unsaturated/α-hetero) is 2. The molecule has 0 saturated heterocycles. The van der Waals surface area contributed by atoms with Crippen molar-refractivity contribution in [2.24, 2.45) is 4.99 Å². The molecular weight excluding hydrogens is 528 g/mol. The van der Waals surface area contributed by atoms with Crippen LogP contribution in [0.3, 0.4) is 0 Å². The van der Waals surface area contributed by atoms with Gasteiger partial charge in [-0.25, -0.2) is 4.99 Å². The van der Waals surface area contributed by atoms with Gasteiger partial charge in [-0.1, -0.05) is 35.4 Å². The van der Waals surface area contributed by atoms with Crippen LogP contribution in [0.5, 0.6) is 0 Å². The molecule has 0 bridgehead atoms. The van der Waals surface area contributed by atoms with Gasteiger partial charge in [0.25, 0.3) is 0 Å². The number of allylic oxidation sites excluding steroid dienone is 4. The van der Waals surface area contributed by atoms with Crippen LogP contribution in [-0.4, -0.2) is 33.5 Å². The maximum atomic E-state index is 13.7. The minimum atomic E-state index is -0.387. The Bertz CT molecular complexity index is 1770. The molecule has 0 spiro atoms. The van der Waals surface area contributed by atoms with Crippen molar-refractivity contribution in [2.75, 3.05) is 5.75 Å². The average molecular weight is 563 g/mol.